The highest BCUT2D eigenvalue weighted by molar-refractivity contribution is 5.68. The van der Waals surface area contributed by atoms with Gasteiger partial charge in [-0.2, -0.15) is 0 Å². The summed E-state index contributed by atoms with van der Waals surface area (Å²) >= 11 is 0. The van der Waals surface area contributed by atoms with Crippen molar-refractivity contribution < 1.29 is 4.84 Å². The first-order valence-corrected chi connectivity index (χ1v) is 4.05. The quantitative estimate of drug-likeness (QED) is 0.535. The number of rotatable bonds is 3. The third kappa shape index (κ3) is 1.66. The lowest BCUT2D eigenvalue weighted by atomic mass is 10.4. The highest BCUT2D eigenvalue weighted by Gasteiger charge is 1.99. The zero-order valence-electron chi connectivity index (χ0n) is 7.42. The second-order valence-corrected chi connectivity index (χ2v) is 2.61. The molecule has 0 aromatic carbocycles. The first-order valence-electron chi connectivity index (χ1n) is 4.05. The van der Waals surface area contributed by atoms with Crippen LogP contribution in [-0.4, -0.2) is 21.7 Å². The Kier molecular flexibility index (Phi) is 2.31. The van der Waals surface area contributed by atoms with Crippen molar-refractivity contribution in [3.05, 3.63) is 30.2 Å². The number of pyridine rings is 1. The molecule has 0 unspecified atom stereocenters. The molecule has 5 heteroatoms. The summed E-state index contributed by atoms with van der Waals surface area (Å²) in [5.41, 5.74) is 2.06. The second kappa shape index (κ2) is 3.78. The van der Waals surface area contributed by atoms with Crippen molar-refractivity contribution in [1.29, 1.82) is 0 Å². The number of oxime groups is 1. The van der Waals surface area contributed by atoms with Gasteiger partial charge >= 0.3 is 0 Å². The molecule has 2 aromatic heterocycles. The Labute approximate surface area is 80.5 Å². The Morgan fingerprint density at radius 3 is 3.21 bits per heavy atom. The Hall–Kier alpha value is -2.04. The molecule has 0 bridgehead atoms. The van der Waals surface area contributed by atoms with Crippen LogP contribution in [0.1, 0.15) is 5.69 Å². The van der Waals surface area contributed by atoms with Gasteiger partial charge in [0.1, 0.15) is 11.2 Å². The second-order valence-electron chi connectivity index (χ2n) is 2.61. The molecule has 0 radical (unpaired) electrons. The van der Waals surface area contributed by atoms with E-state index in [1.165, 1.54) is 0 Å². The summed E-state index contributed by atoms with van der Waals surface area (Å²) in [6, 6.07) is 3.67. The lowest BCUT2D eigenvalue weighted by Gasteiger charge is -1.99. The van der Waals surface area contributed by atoms with Crippen molar-refractivity contribution in [3.8, 4) is 0 Å². The van der Waals surface area contributed by atoms with Gasteiger partial charge < -0.3 is 4.84 Å². The van der Waals surface area contributed by atoms with E-state index in [1.54, 1.807) is 12.4 Å². The van der Waals surface area contributed by atoms with Crippen LogP contribution < -0.4 is 0 Å². The Morgan fingerprint density at radius 2 is 2.36 bits per heavy atom. The number of aromatic nitrogens is 3. The maximum absolute atomic E-state index is 4.75. The third-order valence-electron chi connectivity index (χ3n) is 1.67. The molecular weight excluding hydrogens is 180 g/mol. The van der Waals surface area contributed by atoms with E-state index in [1.807, 2.05) is 12.1 Å². The van der Waals surface area contributed by atoms with Gasteiger partial charge in [0.05, 0.1) is 6.20 Å². The van der Waals surface area contributed by atoms with Gasteiger partial charge in [-0.25, -0.2) is 9.97 Å². The molecule has 0 spiro atoms. The van der Waals surface area contributed by atoms with Crippen molar-refractivity contribution in [1.82, 2.24) is 15.0 Å². The minimum absolute atomic E-state index is 0.267. The predicted octanol–water partition coefficient (Wildman–Crippen LogP) is 1.16. The standard InChI is InChI=1S/C9H8N4O/c1-10-14-6-7-5-12-8-3-2-4-11-9(8)13-7/h2-5H,1,6H2. The average molecular weight is 188 g/mol. The monoisotopic (exact) mass is 188 g/mol. The normalized spacial score (nSPS) is 10.0. The van der Waals surface area contributed by atoms with Crippen molar-refractivity contribution in [2.24, 2.45) is 5.16 Å². The fourth-order valence-corrected chi connectivity index (χ4v) is 1.07. The zero-order valence-corrected chi connectivity index (χ0v) is 7.42. The summed E-state index contributed by atoms with van der Waals surface area (Å²) < 4.78 is 0. The maximum atomic E-state index is 4.75. The van der Waals surface area contributed by atoms with Gasteiger partial charge in [0.2, 0.25) is 0 Å². The van der Waals surface area contributed by atoms with E-state index in [4.69, 9.17) is 4.84 Å². The van der Waals surface area contributed by atoms with Gasteiger partial charge in [-0.1, -0.05) is 0 Å². The van der Waals surface area contributed by atoms with Gasteiger partial charge in [0, 0.05) is 12.9 Å². The minimum atomic E-state index is 0.267. The summed E-state index contributed by atoms with van der Waals surface area (Å²) in [5.74, 6) is 0. The largest absolute Gasteiger partial charge is 0.390 e. The van der Waals surface area contributed by atoms with Crippen LogP contribution in [0.4, 0.5) is 0 Å². The van der Waals surface area contributed by atoms with Crippen LogP contribution in [-0.2, 0) is 11.4 Å². The van der Waals surface area contributed by atoms with Crippen molar-refractivity contribution in [2.75, 3.05) is 0 Å². The van der Waals surface area contributed by atoms with Gasteiger partial charge in [-0.3, -0.25) is 4.98 Å². The highest BCUT2D eigenvalue weighted by Crippen LogP contribution is 2.05. The molecule has 70 valence electrons. The molecule has 0 N–H and O–H groups in total. The van der Waals surface area contributed by atoms with E-state index in [9.17, 15) is 0 Å². The van der Waals surface area contributed by atoms with E-state index >= 15 is 0 Å². The molecule has 0 saturated carbocycles. The van der Waals surface area contributed by atoms with Crippen LogP contribution in [0.25, 0.3) is 11.2 Å². The van der Waals surface area contributed by atoms with Crippen molar-refractivity contribution in [3.63, 3.8) is 0 Å². The van der Waals surface area contributed by atoms with Crippen LogP contribution in [0.15, 0.2) is 29.7 Å². The summed E-state index contributed by atoms with van der Waals surface area (Å²) in [4.78, 5) is 17.2. The van der Waals surface area contributed by atoms with Crippen molar-refractivity contribution in [2.45, 2.75) is 6.61 Å². The lowest BCUT2D eigenvalue weighted by Crippen LogP contribution is -1.95. The van der Waals surface area contributed by atoms with E-state index in [0.717, 1.165) is 5.52 Å². The first-order chi connectivity index (χ1) is 6.90. The van der Waals surface area contributed by atoms with Gasteiger partial charge in [0.15, 0.2) is 12.3 Å². The molecule has 14 heavy (non-hydrogen) atoms. The highest BCUT2D eigenvalue weighted by atomic mass is 16.6. The minimum Gasteiger partial charge on any atom is -0.390 e. The van der Waals surface area contributed by atoms with Crippen LogP contribution >= 0.6 is 0 Å². The maximum Gasteiger partial charge on any atom is 0.178 e. The van der Waals surface area contributed by atoms with Crippen LogP contribution in [0, 0.1) is 0 Å². The summed E-state index contributed by atoms with van der Waals surface area (Å²) in [6.45, 7) is 3.47. The molecule has 2 aromatic rings. The number of hydrogen-bond donors (Lipinski definition) is 0. The number of fused-ring (bicyclic) bond motifs is 1. The predicted molar refractivity (Wildman–Crippen MR) is 51.7 cm³/mol. The van der Waals surface area contributed by atoms with E-state index in [2.05, 4.69) is 26.8 Å². The molecule has 0 aliphatic rings. The first kappa shape index (κ1) is 8.55. The van der Waals surface area contributed by atoms with Gasteiger partial charge in [-0.15, -0.1) is 5.16 Å². The fraction of sp³-hybridized carbons (Fsp3) is 0.111. The van der Waals surface area contributed by atoms with E-state index in [-0.39, 0.29) is 6.61 Å². The summed E-state index contributed by atoms with van der Waals surface area (Å²) in [5, 5.41) is 3.27. The van der Waals surface area contributed by atoms with E-state index in [0.29, 0.717) is 11.3 Å². The third-order valence-corrected chi connectivity index (χ3v) is 1.67. The summed E-state index contributed by atoms with van der Waals surface area (Å²) in [6.07, 6.45) is 3.31. The molecule has 0 aliphatic heterocycles. The number of hydrogen-bond acceptors (Lipinski definition) is 5. The fourth-order valence-electron chi connectivity index (χ4n) is 1.07. The SMILES string of the molecule is C=NOCc1cnc2cccnc2n1. The molecule has 5 nitrogen and oxygen atoms in total. The molecule has 0 fully saturated rings. The molecule has 0 saturated heterocycles. The van der Waals surface area contributed by atoms with Crippen molar-refractivity contribution >= 4 is 17.9 Å². The molecule has 0 atom stereocenters. The topological polar surface area (TPSA) is 60.3 Å². The van der Waals surface area contributed by atoms with Crippen LogP contribution in [0.2, 0.25) is 0 Å². The van der Waals surface area contributed by atoms with Crippen LogP contribution in [0.5, 0.6) is 0 Å². The van der Waals surface area contributed by atoms with Gasteiger partial charge in [0.25, 0.3) is 0 Å². The summed E-state index contributed by atoms with van der Waals surface area (Å²) in [7, 11) is 0. The molecular formula is C9H8N4O. The lowest BCUT2D eigenvalue weighted by molar-refractivity contribution is 0.130. The van der Waals surface area contributed by atoms with E-state index < -0.39 is 0 Å². The van der Waals surface area contributed by atoms with Crippen LogP contribution in [0.3, 0.4) is 0 Å². The number of nitrogens with zero attached hydrogens (tertiary/aromatic N) is 4. The smallest absolute Gasteiger partial charge is 0.178 e. The Morgan fingerprint density at radius 1 is 1.43 bits per heavy atom. The molecule has 0 amide bonds. The van der Waals surface area contributed by atoms with Gasteiger partial charge in [-0.05, 0) is 12.1 Å². The molecule has 2 heterocycles. The Bertz CT molecular complexity index is 457. The average Bonchev–Trinajstić information content (AvgIpc) is 2.26. The molecule has 2 rings (SSSR count). The Balaban J connectivity index is 2.36. The zero-order chi connectivity index (χ0) is 9.80. The molecule has 0 aliphatic carbocycles.